The molecule has 3 fully saturated rings. The number of aromatic amines is 1. The molecule has 5 heterocycles. The summed E-state index contributed by atoms with van der Waals surface area (Å²) in [5.41, 5.74) is 1.12. The van der Waals surface area contributed by atoms with Crippen LogP contribution in [0.3, 0.4) is 0 Å². The lowest BCUT2D eigenvalue weighted by atomic mass is 10.0. The van der Waals surface area contributed by atoms with Gasteiger partial charge in [0.25, 0.3) is 14.1 Å². The van der Waals surface area contributed by atoms with Gasteiger partial charge in [-0.1, -0.05) is 44.2 Å². The summed E-state index contributed by atoms with van der Waals surface area (Å²) in [7, 11) is -1.33. The van der Waals surface area contributed by atoms with Gasteiger partial charge in [-0.05, 0) is 25.3 Å². The van der Waals surface area contributed by atoms with Crippen molar-refractivity contribution in [1.29, 1.82) is 0 Å². The van der Waals surface area contributed by atoms with Gasteiger partial charge >= 0.3 is 0 Å². The van der Waals surface area contributed by atoms with Gasteiger partial charge in [0.15, 0.2) is 29.8 Å². The summed E-state index contributed by atoms with van der Waals surface area (Å²) in [6.45, 7) is 6.78. The molecule has 13 heteroatoms. The van der Waals surface area contributed by atoms with Crippen molar-refractivity contribution in [3.63, 3.8) is 0 Å². The van der Waals surface area contributed by atoms with Crippen LogP contribution < -0.4 is 10.9 Å². The molecule has 3 aliphatic rings. The lowest BCUT2D eigenvalue weighted by molar-refractivity contribution is -0.332. The third-order valence-electron chi connectivity index (χ3n) is 7.01. The van der Waals surface area contributed by atoms with E-state index >= 15 is 0 Å². The van der Waals surface area contributed by atoms with Gasteiger partial charge in [0.05, 0.1) is 6.33 Å². The highest BCUT2D eigenvalue weighted by atomic mass is 31.2. The number of benzene rings is 1. The molecule has 3 saturated heterocycles. The normalized spacial score (nSPS) is 29.1. The Morgan fingerprint density at radius 2 is 2.13 bits per heavy atom. The van der Waals surface area contributed by atoms with Crippen LogP contribution in [0.2, 0.25) is 0 Å². The lowest BCUT2D eigenvalue weighted by Crippen LogP contribution is -2.52. The largest absolute Gasteiger partial charge is 0.368 e. The molecule has 0 bridgehead atoms. The Kier molecular flexibility index (Phi) is 7.02. The third kappa shape index (κ3) is 4.55. The molecule has 1 amide bonds. The van der Waals surface area contributed by atoms with Crippen molar-refractivity contribution < 1.29 is 23.3 Å². The van der Waals surface area contributed by atoms with E-state index in [9.17, 15) is 9.59 Å². The molecule has 0 radical (unpaired) electrons. The molecule has 2 N–H and O–H groups in total. The number of amides is 1. The summed E-state index contributed by atoms with van der Waals surface area (Å²) >= 11 is 0. The highest BCUT2D eigenvalue weighted by molar-refractivity contribution is 7.44. The third-order valence-corrected chi connectivity index (χ3v) is 8.72. The number of rotatable bonds is 8. The second kappa shape index (κ2) is 10.4. The molecule has 3 aromatic rings. The SMILES string of the molecule is CCO[C@H]1C(OP2OC(c3ccccc3)C3CCCN32)O[C@H]1n1cnc2c(=O)[nH]c(NC(=O)C(C)C)nc21. The first kappa shape index (κ1) is 25.5. The molecule has 6 rings (SSSR count). The first-order chi connectivity index (χ1) is 18.4. The van der Waals surface area contributed by atoms with Gasteiger partial charge in [0.1, 0.15) is 6.10 Å². The van der Waals surface area contributed by atoms with Crippen LogP contribution in [-0.2, 0) is 23.3 Å². The molecule has 1 aromatic carbocycles. The molecule has 38 heavy (non-hydrogen) atoms. The molecular weight excluding hydrogens is 511 g/mol. The fourth-order valence-corrected chi connectivity index (χ4v) is 6.93. The number of aromatic nitrogens is 4. The lowest BCUT2D eigenvalue weighted by Gasteiger charge is -2.44. The van der Waals surface area contributed by atoms with Crippen LogP contribution in [0.4, 0.5) is 5.95 Å². The fourth-order valence-electron chi connectivity index (χ4n) is 5.05. The van der Waals surface area contributed by atoms with E-state index < -0.39 is 32.7 Å². The summed E-state index contributed by atoms with van der Waals surface area (Å²) in [4.78, 5) is 36.0. The summed E-state index contributed by atoms with van der Waals surface area (Å²) in [6.07, 6.45) is 1.88. The van der Waals surface area contributed by atoms with E-state index in [1.54, 1.807) is 18.4 Å². The summed E-state index contributed by atoms with van der Waals surface area (Å²) in [5.74, 6) is -0.475. The first-order valence-corrected chi connectivity index (χ1v) is 14.1. The van der Waals surface area contributed by atoms with Crippen molar-refractivity contribution in [2.75, 3.05) is 18.5 Å². The van der Waals surface area contributed by atoms with Gasteiger partial charge in [-0.3, -0.25) is 29.0 Å². The summed E-state index contributed by atoms with van der Waals surface area (Å²) < 4.78 is 29.0. The fraction of sp³-hybridized carbons (Fsp3) is 0.520. The number of carbonyl (C=O) groups excluding carboxylic acids is 1. The molecule has 0 saturated carbocycles. The van der Waals surface area contributed by atoms with Crippen molar-refractivity contribution in [2.45, 2.75) is 64.4 Å². The number of anilines is 1. The van der Waals surface area contributed by atoms with Crippen LogP contribution in [-0.4, -0.2) is 61.7 Å². The predicted octanol–water partition coefficient (Wildman–Crippen LogP) is 3.45. The van der Waals surface area contributed by atoms with Crippen molar-refractivity contribution in [2.24, 2.45) is 5.92 Å². The van der Waals surface area contributed by atoms with Crippen LogP contribution in [0.15, 0.2) is 41.5 Å². The Morgan fingerprint density at radius 3 is 2.89 bits per heavy atom. The van der Waals surface area contributed by atoms with E-state index in [2.05, 4.69) is 37.1 Å². The van der Waals surface area contributed by atoms with Crippen molar-refractivity contribution >= 4 is 31.5 Å². The van der Waals surface area contributed by atoms with Crippen LogP contribution in [0.25, 0.3) is 11.2 Å². The second-order valence-corrected chi connectivity index (χ2v) is 11.3. The number of ether oxygens (including phenoxy) is 2. The number of nitrogens with one attached hydrogen (secondary N) is 2. The molecule has 2 aromatic heterocycles. The highest BCUT2D eigenvalue weighted by Crippen LogP contribution is 2.62. The number of hydrogen-bond donors (Lipinski definition) is 2. The quantitative estimate of drug-likeness (QED) is 0.411. The zero-order valence-electron chi connectivity index (χ0n) is 21.4. The Morgan fingerprint density at radius 1 is 1.32 bits per heavy atom. The zero-order valence-corrected chi connectivity index (χ0v) is 22.3. The number of nitrogens with zero attached hydrogens (tertiary/aromatic N) is 4. The highest BCUT2D eigenvalue weighted by Gasteiger charge is 2.53. The smallest absolute Gasteiger partial charge is 0.280 e. The number of H-pyrrole nitrogens is 1. The molecular formula is C25H31N6O6P. The zero-order chi connectivity index (χ0) is 26.4. The van der Waals surface area contributed by atoms with E-state index in [0.717, 1.165) is 24.9 Å². The topological polar surface area (TPSA) is 133 Å². The Balaban J connectivity index is 1.21. The summed E-state index contributed by atoms with van der Waals surface area (Å²) in [5, 5.41) is 2.64. The second-order valence-electron chi connectivity index (χ2n) is 9.85. The standard InChI is InChI=1S/C25H31N6O6P/c1-4-34-19-23(30-13-26-17-20(30)27-25(29-22(17)33)28-21(32)14(2)3)35-24(19)37-38-31-12-8-11-16(31)18(36-38)15-9-6-5-7-10-15/h5-7,9-10,13-14,16,18-19,23-24H,4,8,11-12H2,1-3H3,(H2,27,28,29,32,33)/t16?,18?,19-,23-,24?,38?/m1/s1. The molecule has 12 nitrogen and oxygen atoms in total. The molecule has 3 aliphatic heterocycles. The molecule has 6 atom stereocenters. The van der Waals surface area contributed by atoms with Gasteiger partial charge in [-0.15, -0.1) is 0 Å². The van der Waals surface area contributed by atoms with Crippen molar-refractivity contribution in [3.8, 4) is 0 Å². The van der Waals surface area contributed by atoms with E-state index in [-0.39, 0.29) is 41.1 Å². The van der Waals surface area contributed by atoms with Gasteiger partial charge in [0, 0.05) is 25.1 Å². The number of hydrogen-bond acceptors (Lipinski definition) is 9. The van der Waals surface area contributed by atoms with Crippen LogP contribution in [0, 0.1) is 5.92 Å². The van der Waals surface area contributed by atoms with Crippen LogP contribution in [0.1, 0.15) is 51.5 Å². The molecule has 202 valence electrons. The van der Waals surface area contributed by atoms with Gasteiger partial charge in [0.2, 0.25) is 11.9 Å². The van der Waals surface area contributed by atoms with Crippen LogP contribution >= 0.6 is 8.53 Å². The van der Waals surface area contributed by atoms with Gasteiger partial charge in [-0.25, -0.2) is 9.65 Å². The van der Waals surface area contributed by atoms with Crippen molar-refractivity contribution in [3.05, 3.63) is 52.6 Å². The Hall–Kier alpha value is -2.73. The molecule has 4 unspecified atom stereocenters. The van der Waals surface area contributed by atoms with E-state index in [0.29, 0.717) is 6.61 Å². The van der Waals surface area contributed by atoms with E-state index in [4.69, 9.17) is 18.5 Å². The average Bonchev–Trinajstić information content (AvgIpc) is 3.62. The maximum atomic E-state index is 12.6. The predicted molar refractivity (Wildman–Crippen MR) is 139 cm³/mol. The Labute approximate surface area is 220 Å². The minimum Gasteiger partial charge on any atom is -0.368 e. The van der Waals surface area contributed by atoms with E-state index in [1.807, 2.05) is 25.1 Å². The monoisotopic (exact) mass is 542 g/mol. The van der Waals surface area contributed by atoms with Gasteiger partial charge in [-0.2, -0.15) is 4.98 Å². The van der Waals surface area contributed by atoms with Crippen molar-refractivity contribution in [1.82, 2.24) is 24.2 Å². The minimum atomic E-state index is -1.33. The average molecular weight is 543 g/mol. The molecule has 0 spiro atoms. The van der Waals surface area contributed by atoms with E-state index in [1.165, 1.54) is 6.33 Å². The maximum Gasteiger partial charge on any atom is 0.280 e. The maximum absolute atomic E-state index is 12.6. The molecule has 0 aliphatic carbocycles. The number of carbonyl (C=O) groups is 1. The number of fused-ring (bicyclic) bond motifs is 2. The van der Waals surface area contributed by atoms with Gasteiger partial charge < -0.3 is 14.0 Å². The number of imidazole rings is 1. The summed E-state index contributed by atoms with van der Waals surface area (Å²) in [6, 6.07) is 10.5. The first-order valence-electron chi connectivity index (χ1n) is 12.9. The van der Waals surface area contributed by atoms with Crippen LogP contribution in [0.5, 0.6) is 0 Å². The Bertz CT molecular complexity index is 1370. The minimum absolute atomic E-state index is 0.0424.